The van der Waals surface area contributed by atoms with E-state index in [9.17, 15) is 4.79 Å². The van der Waals surface area contributed by atoms with E-state index < -0.39 is 0 Å². The highest BCUT2D eigenvalue weighted by Crippen LogP contribution is 2.35. The molecule has 2 aromatic rings. The summed E-state index contributed by atoms with van der Waals surface area (Å²) in [5.74, 6) is 1.88. The Bertz CT molecular complexity index is 795. The minimum Gasteiger partial charge on any atom is -0.491 e. The summed E-state index contributed by atoms with van der Waals surface area (Å²) in [6.07, 6.45) is 3.27. The van der Waals surface area contributed by atoms with Crippen molar-refractivity contribution in [3.63, 3.8) is 0 Å². The van der Waals surface area contributed by atoms with Crippen LogP contribution in [0.4, 0.5) is 5.69 Å². The van der Waals surface area contributed by atoms with E-state index in [1.54, 1.807) is 20.2 Å². The third-order valence-corrected chi connectivity index (χ3v) is 5.14. The van der Waals surface area contributed by atoms with E-state index in [2.05, 4.69) is 16.8 Å². The molecular weight excluding hydrogens is 364 g/mol. The summed E-state index contributed by atoms with van der Waals surface area (Å²) in [5.41, 5.74) is 2.10. The lowest BCUT2D eigenvalue weighted by molar-refractivity contribution is -0.117. The molecule has 0 saturated carbocycles. The second kappa shape index (κ2) is 8.61. The van der Waals surface area contributed by atoms with Crippen LogP contribution in [0.5, 0.6) is 11.5 Å². The van der Waals surface area contributed by atoms with Crippen LogP contribution in [-0.2, 0) is 4.79 Å². The Kier molecular flexibility index (Phi) is 6.22. The number of ether oxygens (including phenoxy) is 2. The van der Waals surface area contributed by atoms with Crippen LogP contribution in [0.1, 0.15) is 38.2 Å². The van der Waals surface area contributed by atoms with Gasteiger partial charge in [-0.1, -0.05) is 30.7 Å². The van der Waals surface area contributed by atoms with Crippen LogP contribution in [0.25, 0.3) is 0 Å². The molecule has 6 heteroatoms. The number of pyridine rings is 1. The Hall–Kier alpha value is -2.27. The molecule has 1 aromatic carbocycles. The highest BCUT2D eigenvalue weighted by molar-refractivity contribution is 6.31. The Morgan fingerprint density at radius 1 is 1.33 bits per heavy atom. The molecule has 2 heterocycles. The Morgan fingerprint density at radius 3 is 2.74 bits per heavy atom. The van der Waals surface area contributed by atoms with Crippen molar-refractivity contribution in [2.24, 2.45) is 0 Å². The number of methoxy groups -OCH3 is 1. The van der Waals surface area contributed by atoms with Crippen molar-refractivity contribution in [3.05, 3.63) is 47.2 Å². The maximum absolute atomic E-state index is 11.3. The number of carbonyl (C=O) groups is 1. The SMILES string of the molecule is COc1c(N2CC[C@@H](Oc3ccc([C@H](C)CC(C)=O)cc3)C2)ccnc1Cl. The van der Waals surface area contributed by atoms with Crippen molar-refractivity contribution in [2.75, 3.05) is 25.1 Å². The zero-order chi connectivity index (χ0) is 19.4. The summed E-state index contributed by atoms with van der Waals surface area (Å²) < 4.78 is 11.6. The van der Waals surface area contributed by atoms with Crippen molar-refractivity contribution >= 4 is 23.1 Å². The standard InChI is InChI=1S/C21H25ClN2O3/c1-14(12-15(2)25)16-4-6-17(7-5-16)27-18-9-11-24(13-18)19-8-10-23-21(22)20(19)26-3/h4-8,10,14,18H,9,11-13H2,1-3H3/t14-,18-/m1/s1. The second-order valence-corrected chi connectivity index (χ2v) is 7.36. The van der Waals surface area contributed by atoms with E-state index in [-0.39, 0.29) is 17.8 Å². The summed E-state index contributed by atoms with van der Waals surface area (Å²) in [4.78, 5) is 17.6. The number of hydrogen-bond acceptors (Lipinski definition) is 5. The van der Waals surface area contributed by atoms with Gasteiger partial charge in [-0.2, -0.15) is 0 Å². The van der Waals surface area contributed by atoms with Gasteiger partial charge in [-0.25, -0.2) is 4.98 Å². The minimum absolute atomic E-state index is 0.0992. The zero-order valence-corrected chi connectivity index (χ0v) is 16.7. The van der Waals surface area contributed by atoms with Gasteiger partial charge in [-0.05, 0) is 36.6 Å². The van der Waals surface area contributed by atoms with Gasteiger partial charge in [0.2, 0.25) is 0 Å². The second-order valence-electron chi connectivity index (χ2n) is 7.00. The topological polar surface area (TPSA) is 51.7 Å². The van der Waals surface area contributed by atoms with Crippen molar-refractivity contribution in [3.8, 4) is 11.5 Å². The van der Waals surface area contributed by atoms with Crippen LogP contribution in [0.15, 0.2) is 36.5 Å². The summed E-state index contributed by atoms with van der Waals surface area (Å²) in [6, 6.07) is 9.97. The van der Waals surface area contributed by atoms with E-state index in [4.69, 9.17) is 21.1 Å². The molecule has 3 rings (SSSR count). The van der Waals surface area contributed by atoms with Gasteiger partial charge in [-0.15, -0.1) is 0 Å². The molecule has 144 valence electrons. The summed E-state index contributed by atoms with van der Waals surface area (Å²) >= 11 is 6.13. The number of benzene rings is 1. The first kappa shape index (κ1) is 19.5. The predicted molar refractivity (Wildman–Crippen MR) is 107 cm³/mol. The van der Waals surface area contributed by atoms with Crippen LogP contribution in [0.2, 0.25) is 5.15 Å². The van der Waals surface area contributed by atoms with E-state index in [0.717, 1.165) is 36.5 Å². The molecule has 0 bridgehead atoms. The number of hydrogen-bond donors (Lipinski definition) is 0. The first-order valence-corrected chi connectivity index (χ1v) is 9.55. The number of ketones is 1. The summed E-state index contributed by atoms with van der Waals surface area (Å²) in [5, 5.41) is 0.370. The lowest BCUT2D eigenvalue weighted by atomic mass is 9.96. The quantitative estimate of drug-likeness (QED) is 0.654. The van der Waals surface area contributed by atoms with Gasteiger partial charge < -0.3 is 19.2 Å². The lowest BCUT2D eigenvalue weighted by Crippen LogP contribution is -2.25. The van der Waals surface area contributed by atoms with Crippen molar-refractivity contribution in [2.45, 2.75) is 38.7 Å². The van der Waals surface area contributed by atoms with E-state index >= 15 is 0 Å². The molecule has 0 spiro atoms. The molecule has 1 aromatic heterocycles. The first-order chi connectivity index (χ1) is 13.0. The van der Waals surface area contributed by atoms with Crippen LogP contribution < -0.4 is 14.4 Å². The van der Waals surface area contributed by atoms with Crippen molar-refractivity contribution in [1.29, 1.82) is 0 Å². The van der Waals surface area contributed by atoms with Gasteiger partial charge in [0.15, 0.2) is 10.9 Å². The normalized spacial score (nSPS) is 17.6. The predicted octanol–water partition coefficient (Wildman–Crippen LogP) is 4.48. The van der Waals surface area contributed by atoms with Gasteiger partial charge in [0.1, 0.15) is 17.6 Å². The third-order valence-electron chi connectivity index (χ3n) is 4.88. The molecule has 0 aliphatic carbocycles. The molecule has 5 nitrogen and oxygen atoms in total. The third kappa shape index (κ3) is 4.72. The highest BCUT2D eigenvalue weighted by atomic mass is 35.5. The van der Waals surface area contributed by atoms with Crippen LogP contribution in [0.3, 0.4) is 0 Å². The Labute approximate surface area is 165 Å². The molecule has 0 amide bonds. The fourth-order valence-electron chi connectivity index (χ4n) is 3.51. The fourth-order valence-corrected chi connectivity index (χ4v) is 3.74. The number of Topliss-reactive ketones (excluding diaryl/α,β-unsaturated/α-hetero) is 1. The minimum atomic E-state index is 0.0992. The largest absolute Gasteiger partial charge is 0.491 e. The maximum Gasteiger partial charge on any atom is 0.179 e. The van der Waals surface area contributed by atoms with Crippen molar-refractivity contribution < 1.29 is 14.3 Å². The zero-order valence-electron chi connectivity index (χ0n) is 15.9. The highest BCUT2D eigenvalue weighted by Gasteiger charge is 2.27. The fraction of sp³-hybridized carbons (Fsp3) is 0.429. The first-order valence-electron chi connectivity index (χ1n) is 9.17. The number of nitrogens with zero attached hydrogens (tertiary/aromatic N) is 2. The molecule has 0 radical (unpaired) electrons. The van der Waals surface area contributed by atoms with E-state index in [1.165, 1.54) is 0 Å². The van der Waals surface area contributed by atoms with E-state index in [1.807, 2.05) is 30.3 Å². The Morgan fingerprint density at radius 2 is 2.07 bits per heavy atom. The molecular formula is C21H25ClN2O3. The molecule has 1 saturated heterocycles. The summed E-state index contributed by atoms with van der Waals surface area (Å²) in [6.45, 7) is 5.33. The molecule has 27 heavy (non-hydrogen) atoms. The average Bonchev–Trinajstić information content (AvgIpc) is 3.10. The lowest BCUT2D eigenvalue weighted by Gasteiger charge is -2.21. The van der Waals surface area contributed by atoms with Crippen LogP contribution >= 0.6 is 11.6 Å². The van der Waals surface area contributed by atoms with Gasteiger partial charge in [0.25, 0.3) is 0 Å². The molecule has 0 N–H and O–H groups in total. The molecule has 1 aliphatic rings. The summed E-state index contributed by atoms with van der Waals surface area (Å²) in [7, 11) is 1.60. The number of anilines is 1. The Balaban J connectivity index is 1.62. The van der Waals surface area contributed by atoms with Crippen molar-refractivity contribution in [1.82, 2.24) is 4.98 Å². The number of halogens is 1. The van der Waals surface area contributed by atoms with Gasteiger partial charge in [0.05, 0.1) is 19.3 Å². The molecule has 1 fully saturated rings. The number of rotatable bonds is 7. The monoisotopic (exact) mass is 388 g/mol. The molecule has 2 atom stereocenters. The van der Waals surface area contributed by atoms with Gasteiger partial charge >= 0.3 is 0 Å². The smallest absolute Gasteiger partial charge is 0.179 e. The van der Waals surface area contributed by atoms with Gasteiger partial charge in [0, 0.05) is 25.6 Å². The van der Waals surface area contributed by atoms with E-state index in [0.29, 0.717) is 17.3 Å². The molecule has 1 aliphatic heterocycles. The van der Waals surface area contributed by atoms with Crippen LogP contribution in [-0.4, -0.2) is 37.1 Å². The van der Waals surface area contributed by atoms with Gasteiger partial charge in [-0.3, -0.25) is 0 Å². The molecule has 0 unspecified atom stereocenters. The number of aromatic nitrogens is 1. The maximum atomic E-state index is 11.3. The van der Waals surface area contributed by atoms with Crippen LogP contribution in [0, 0.1) is 0 Å². The number of carbonyl (C=O) groups excluding carboxylic acids is 1. The average molecular weight is 389 g/mol.